The van der Waals surface area contributed by atoms with Crippen LogP contribution in [0.3, 0.4) is 0 Å². The van der Waals surface area contributed by atoms with Crippen LogP contribution in [0.1, 0.15) is 12.5 Å². The largest absolute Gasteiger partial charge is 0.335 e. The van der Waals surface area contributed by atoms with Crippen molar-refractivity contribution in [3.8, 4) is 0 Å². The number of nitrogens with one attached hydrogen (secondary N) is 2. The number of urea groups is 1. The molecule has 1 aliphatic heterocycles. The molecule has 2 aliphatic rings. The van der Waals surface area contributed by atoms with Crippen LogP contribution in [-0.2, 0) is 6.54 Å². The van der Waals surface area contributed by atoms with Gasteiger partial charge in [-0.3, -0.25) is 0 Å². The normalized spacial score (nSPS) is 27.0. The summed E-state index contributed by atoms with van der Waals surface area (Å²) in [4.78, 5) is 14.1. The summed E-state index contributed by atoms with van der Waals surface area (Å²) in [6, 6.07) is 8.08. The van der Waals surface area contributed by atoms with Crippen LogP contribution in [0.2, 0.25) is 5.02 Å². The molecule has 0 radical (unpaired) electrons. The molecule has 0 bridgehead atoms. The molecule has 3 rings (SSSR count). The van der Waals surface area contributed by atoms with Crippen LogP contribution in [0.4, 0.5) is 4.79 Å². The Balaban J connectivity index is 1.55. The van der Waals surface area contributed by atoms with Gasteiger partial charge in [0.2, 0.25) is 0 Å². The number of amides is 2. The fraction of sp³-hybridized carbons (Fsp3) is 0.533. The molecule has 1 saturated carbocycles. The number of carbonyl (C=O) groups is 1. The molecule has 0 spiro atoms. The highest BCUT2D eigenvalue weighted by atomic mass is 35.5. The van der Waals surface area contributed by atoms with Crippen LogP contribution in [0, 0.1) is 11.8 Å². The lowest BCUT2D eigenvalue weighted by molar-refractivity contribution is 0.196. The molecule has 0 aromatic heterocycles. The fourth-order valence-electron chi connectivity index (χ4n) is 3.00. The Morgan fingerprint density at radius 3 is 2.60 bits per heavy atom. The number of nitrogens with zero attached hydrogens (tertiary/aromatic N) is 1. The van der Waals surface area contributed by atoms with Crippen LogP contribution in [-0.4, -0.2) is 36.6 Å². The van der Waals surface area contributed by atoms with Gasteiger partial charge < -0.3 is 15.5 Å². The molecule has 4 nitrogen and oxygen atoms in total. The summed E-state index contributed by atoms with van der Waals surface area (Å²) in [5.74, 6) is 1.29. The molecule has 5 heteroatoms. The summed E-state index contributed by atoms with van der Waals surface area (Å²) < 4.78 is 0. The molecule has 1 unspecified atom stereocenters. The van der Waals surface area contributed by atoms with Crippen LogP contribution >= 0.6 is 11.6 Å². The molecule has 2 N–H and O–H groups in total. The lowest BCUT2D eigenvalue weighted by atomic mass is 10.2. The van der Waals surface area contributed by atoms with Crippen molar-refractivity contribution in [3.05, 3.63) is 34.9 Å². The fourth-order valence-corrected chi connectivity index (χ4v) is 3.13. The van der Waals surface area contributed by atoms with Crippen LogP contribution < -0.4 is 10.6 Å². The van der Waals surface area contributed by atoms with Crippen molar-refractivity contribution in [2.45, 2.75) is 19.5 Å². The van der Waals surface area contributed by atoms with Gasteiger partial charge in [-0.25, -0.2) is 4.79 Å². The molecular weight excluding hydrogens is 274 g/mol. The van der Waals surface area contributed by atoms with Crippen molar-refractivity contribution >= 4 is 17.6 Å². The summed E-state index contributed by atoms with van der Waals surface area (Å²) in [5, 5.41) is 7.22. The monoisotopic (exact) mass is 293 g/mol. The quantitative estimate of drug-likeness (QED) is 0.893. The summed E-state index contributed by atoms with van der Waals surface area (Å²) in [7, 11) is 0. The van der Waals surface area contributed by atoms with E-state index >= 15 is 0 Å². The van der Waals surface area contributed by atoms with Crippen molar-refractivity contribution in [2.24, 2.45) is 11.8 Å². The van der Waals surface area contributed by atoms with E-state index in [1.54, 1.807) is 0 Å². The zero-order chi connectivity index (χ0) is 14.1. The average molecular weight is 294 g/mol. The van der Waals surface area contributed by atoms with Crippen LogP contribution in [0.5, 0.6) is 0 Å². The van der Waals surface area contributed by atoms with Gasteiger partial charge in [-0.2, -0.15) is 0 Å². The second kappa shape index (κ2) is 5.62. The number of rotatable bonds is 4. The highest BCUT2D eigenvalue weighted by Crippen LogP contribution is 2.41. The van der Waals surface area contributed by atoms with Gasteiger partial charge in [0.15, 0.2) is 0 Å². The highest BCUT2D eigenvalue weighted by Gasteiger charge is 2.53. The Bertz CT molecular complexity index is 480. The smallest absolute Gasteiger partial charge is 0.317 e. The number of hydrogen-bond acceptors (Lipinski definition) is 2. The number of piperidine rings is 1. The molecule has 2 fully saturated rings. The number of halogens is 1. The molecule has 2 amide bonds. The first-order valence-electron chi connectivity index (χ1n) is 7.19. The van der Waals surface area contributed by atoms with E-state index in [1.807, 2.05) is 36.1 Å². The van der Waals surface area contributed by atoms with E-state index in [4.69, 9.17) is 11.6 Å². The zero-order valence-corrected chi connectivity index (χ0v) is 12.4. The molecule has 3 atom stereocenters. The van der Waals surface area contributed by atoms with Crippen molar-refractivity contribution in [3.63, 3.8) is 0 Å². The highest BCUT2D eigenvalue weighted by molar-refractivity contribution is 6.30. The van der Waals surface area contributed by atoms with Gasteiger partial charge in [-0.1, -0.05) is 23.7 Å². The van der Waals surface area contributed by atoms with E-state index < -0.39 is 0 Å². The minimum absolute atomic E-state index is 0.0434. The van der Waals surface area contributed by atoms with Gasteiger partial charge >= 0.3 is 6.03 Å². The number of carbonyl (C=O) groups excluding carboxylic acids is 1. The van der Waals surface area contributed by atoms with Crippen LogP contribution in [0.15, 0.2) is 24.3 Å². The average Bonchev–Trinajstić information content (AvgIpc) is 2.88. The Kier molecular flexibility index (Phi) is 3.85. The molecule has 1 aromatic carbocycles. The molecule has 1 heterocycles. The predicted molar refractivity (Wildman–Crippen MR) is 79.7 cm³/mol. The number of benzene rings is 1. The second-order valence-corrected chi connectivity index (χ2v) is 6.04. The predicted octanol–water partition coefficient (Wildman–Crippen LogP) is 2.09. The maximum absolute atomic E-state index is 12.3. The first-order valence-corrected chi connectivity index (χ1v) is 7.57. The SMILES string of the molecule is CCN(Cc1ccc(Cl)cc1)C(=O)NC1[C@H]2CNC[C@@H]12. The lowest BCUT2D eigenvalue weighted by Gasteiger charge is -2.22. The van der Waals surface area contributed by atoms with Gasteiger partial charge in [0.05, 0.1) is 0 Å². The van der Waals surface area contributed by atoms with Crippen molar-refractivity contribution in [1.29, 1.82) is 0 Å². The molecule has 1 aromatic rings. The third-order valence-corrected chi connectivity index (χ3v) is 4.59. The van der Waals surface area contributed by atoms with Crippen molar-refractivity contribution in [1.82, 2.24) is 15.5 Å². The van der Waals surface area contributed by atoms with Gasteiger partial charge in [0, 0.05) is 37.2 Å². The summed E-state index contributed by atoms with van der Waals surface area (Å²) >= 11 is 5.88. The van der Waals surface area contributed by atoms with Crippen molar-refractivity contribution in [2.75, 3.05) is 19.6 Å². The molecule has 108 valence electrons. The summed E-state index contributed by atoms with van der Waals surface area (Å²) in [6.07, 6.45) is 0. The van der Waals surface area contributed by atoms with E-state index in [-0.39, 0.29) is 6.03 Å². The topological polar surface area (TPSA) is 44.4 Å². The maximum atomic E-state index is 12.3. The third kappa shape index (κ3) is 2.76. The maximum Gasteiger partial charge on any atom is 0.317 e. The lowest BCUT2D eigenvalue weighted by Crippen LogP contribution is -2.42. The van der Waals surface area contributed by atoms with Gasteiger partial charge in [-0.05, 0) is 36.5 Å². The van der Waals surface area contributed by atoms with Gasteiger partial charge in [-0.15, -0.1) is 0 Å². The van der Waals surface area contributed by atoms with Crippen LogP contribution in [0.25, 0.3) is 0 Å². The van der Waals surface area contributed by atoms with Gasteiger partial charge in [0.25, 0.3) is 0 Å². The second-order valence-electron chi connectivity index (χ2n) is 5.60. The Morgan fingerprint density at radius 2 is 2.00 bits per heavy atom. The number of fused-ring (bicyclic) bond motifs is 1. The van der Waals surface area contributed by atoms with E-state index in [9.17, 15) is 4.79 Å². The van der Waals surface area contributed by atoms with Crippen molar-refractivity contribution < 1.29 is 4.79 Å². The summed E-state index contributed by atoms with van der Waals surface area (Å²) in [6.45, 7) is 5.41. The molecule has 20 heavy (non-hydrogen) atoms. The minimum atomic E-state index is 0.0434. The first-order chi connectivity index (χ1) is 9.69. The Labute approximate surface area is 124 Å². The standard InChI is InChI=1S/C15H20ClN3O/c1-2-19(9-10-3-5-11(16)6-4-10)15(20)18-14-12-7-17-8-13(12)14/h3-6,12-14,17H,2,7-9H2,1H3,(H,18,20)/t12-,13+,14?. The number of hydrogen-bond donors (Lipinski definition) is 2. The van der Waals surface area contributed by atoms with E-state index in [0.717, 1.165) is 23.7 Å². The van der Waals surface area contributed by atoms with Gasteiger partial charge in [0.1, 0.15) is 0 Å². The van der Waals surface area contributed by atoms with E-state index in [0.29, 0.717) is 31.0 Å². The van der Waals surface area contributed by atoms with E-state index in [2.05, 4.69) is 10.6 Å². The minimum Gasteiger partial charge on any atom is -0.335 e. The first kappa shape index (κ1) is 13.7. The zero-order valence-electron chi connectivity index (χ0n) is 11.6. The van der Waals surface area contributed by atoms with E-state index in [1.165, 1.54) is 0 Å². The summed E-state index contributed by atoms with van der Waals surface area (Å²) in [5.41, 5.74) is 1.10. The molecule has 1 saturated heterocycles. The third-order valence-electron chi connectivity index (χ3n) is 4.34. The molecule has 1 aliphatic carbocycles. The Hall–Kier alpha value is -1.26. The Morgan fingerprint density at radius 1 is 1.35 bits per heavy atom. The molecular formula is C15H20ClN3O.